The van der Waals surface area contributed by atoms with Crippen molar-refractivity contribution >= 4 is 16.9 Å². The Morgan fingerprint density at radius 2 is 1.86 bits per heavy atom. The number of aliphatic hydroxyl groups is 2. The van der Waals surface area contributed by atoms with Crippen molar-refractivity contribution in [1.82, 2.24) is 0 Å². The molecule has 0 aliphatic heterocycles. The summed E-state index contributed by atoms with van der Waals surface area (Å²) in [6.07, 6.45) is -1.07. The summed E-state index contributed by atoms with van der Waals surface area (Å²) >= 11 is 1.03. The Balaban J connectivity index is 1.80. The van der Waals surface area contributed by atoms with Crippen LogP contribution in [-0.4, -0.2) is 27.2 Å². The van der Waals surface area contributed by atoms with Crippen LogP contribution in [0.25, 0.3) is 11.1 Å². The Bertz CT molecular complexity index is 711. The minimum absolute atomic E-state index is 0.0596. The van der Waals surface area contributed by atoms with E-state index in [1.54, 1.807) is 0 Å². The van der Waals surface area contributed by atoms with E-state index in [1.165, 1.54) is 29.2 Å². The Morgan fingerprint density at radius 1 is 1.14 bits per heavy atom. The highest BCUT2D eigenvalue weighted by Gasteiger charge is 2.23. The van der Waals surface area contributed by atoms with E-state index in [0.29, 0.717) is 5.56 Å². The van der Waals surface area contributed by atoms with Crippen molar-refractivity contribution in [1.29, 1.82) is 0 Å². The van der Waals surface area contributed by atoms with Crippen molar-refractivity contribution in [2.45, 2.75) is 25.6 Å². The first-order valence-electron chi connectivity index (χ1n) is 7.27. The molecule has 0 amide bonds. The van der Waals surface area contributed by atoms with Crippen molar-refractivity contribution in [3.63, 3.8) is 0 Å². The average Bonchev–Trinajstić information content (AvgIpc) is 2.89. The molecule has 1 aliphatic rings. The number of carbonyl (C=O) groups is 1. The van der Waals surface area contributed by atoms with Gasteiger partial charge in [0, 0.05) is 12.7 Å². The average molecular weight is 314 g/mol. The first-order valence-corrected chi connectivity index (χ1v) is 8.25. The van der Waals surface area contributed by atoms with E-state index < -0.39 is 12.2 Å². The second-order valence-electron chi connectivity index (χ2n) is 5.57. The minimum Gasteiger partial charge on any atom is -0.389 e. The molecule has 2 aromatic rings. The van der Waals surface area contributed by atoms with Crippen LogP contribution >= 0.6 is 11.8 Å². The van der Waals surface area contributed by atoms with Crippen LogP contribution in [0.2, 0.25) is 0 Å². The molecule has 1 aliphatic carbocycles. The molecule has 114 valence electrons. The van der Waals surface area contributed by atoms with Gasteiger partial charge >= 0.3 is 0 Å². The molecule has 22 heavy (non-hydrogen) atoms. The number of carbonyl (C=O) groups excluding carboxylic acids is 1. The van der Waals surface area contributed by atoms with Gasteiger partial charge in [-0.25, -0.2) is 0 Å². The highest BCUT2D eigenvalue weighted by Crippen LogP contribution is 2.37. The second kappa shape index (κ2) is 6.24. The van der Waals surface area contributed by atoms with Crippen LogP contribution in [-0.2, 0) is 11.2 Å². The van der Waals surface area contributed by atoms with Crippen LogP contribution in [0, 0.1) is 0 Å². The summed E-state index contributed by atoms with van der Waals surface area (Å²) in [6, 6.07) is 14.1. The van der Waals surface area contributed by atoms with Gasteiger partial charge < -0.3 is 10.2 Å². The Kier molecular flexibility index (Phi) is 4.34. The van der Waals surface area contributed by atoms with Gasteiger partial charge in [0.15, 0.2) is 5.12 Å². The van der Waals surface area contributed by atoms with E-state index in [9.17, 15) is 15.0 Å². The highest BCUT2D eigenvalue weighted by atomic mass is 32.2. The normalized spacial score (nSPS) is 15.0. The van der Waals surface area contributed by atoms with Crippen molar-refractivity contribution in [2.24, 2.45) is 0 Å². The van der Waals surface area contributed by atoms with Gasteiger partial charge in [-0.15, -0.1) is 0 Å². The van der Waals surface area contributed by atoms with Crippen LogP contribution in [0.1, 0.15) is 29.7 Å². The molecule has 0 saturated heterocycles. The maximum absolute atomic E-state index is 11.0. The first-order chi connectivity index (χ1) is 10.6. The molecule has 2 unspecified atom stereocenters. The van der Waals surface area contributed by atoms with Gasteiger partial charge in [-0.1, -0.05) is 54.2 Å². The third kappa shape index (κ3) is 2.95. The topological polar surface area (TPSA) is 57.5 Å². The molecule has 0 aromatic heterocycles. The van der Waals surface area contributed by atoms with E-state index in [0.717, 1.165) is 18.2 Å². The van der Waals surface area contributed by atoms with Crippen molar-refractivity contribution in [3.8, 4) is 11.1 Å². The Hall–Kier alpha value is -1.62. The van der Waals surface area contributed by atoms with E-state index in [4.69, 9.17) is 0 Å². The predicted octanol–water partition coefficient (Wildman–Crippen LogP) is 2.93. The molecular weight excluding hydrogens is 296 g/mol. The first kappa shape index (κ1) is 15.3. The lowest BCUT2D eigenvalue weighted by Gasteiger charge is -2.18. The van der Waals surface area contributed by atoms with E-state index in [-0.39, 0.29) is 10.9 Å². The van der Waals surface area contributed by atoms with Gasteiger partial charge in [0.25, 0.3) is 0 Å². The van der Waals surface area contributed by atoms with Crippen LogP contribution in [0.5, 0.6) is 0 Å². The zero-order valence-corrected chi connectivity index (χ0v) is 13.1. The highest BCUT2D eigenvalue weighted by molar-refractivity contribution is 8.13. The number of rotatable bonds is 4. The van der Waals surface area contributed by atoms with E-state index >= 15 is 0 Å². The molecule has 0 heterocycles. The Morgan fingerprint density at radius 3 is 2.64 bits per heavy atom. The summed E-state index contributed by atoms with van der Waals surface area (Å²) < 4.78 is 0. The van der Waals surface area contributed by atoms with E-state index in [1.807, 2.05) is 30.3 Å². The van der Waals surface area contributed by atoms with Crippen LogP contribution in [0.4, 0.5) is 0 Å². The van der Waals surface area contributed by atoms with Gasteiger partial charge in [0.2, 0.25) is 0 Å². The number of hydrogen-bond acceptors (Lipinski definition) is 4. The summed E-state index contributed by atoms with van der Waals surface area (Å²) in [5, 5.41) is 20.2. The fourth-order valence-electron chi connectivity index (χ4n) is 2.87. The maximum Gasteiger partial charge on any atom is 0.185 e. The maximum atomic E-state index is 11.0. The zero-order valence-electron chi connectivity index (χ0n) is 12.3. The summed E-state index contributed by atoms with van der Waals surface area (Å²) in [5.41, 5.74) is 5.59. The van der Waals surface area contributed by atoms with Crippen molar-refractivity contribution < 1.29 is 15.0 Å². The molecule has 2 atom stereocenters. The summed E-state index contributed by atoms with van der Waals surface area (Å²) in [5.74, 6) is 0.202. The van der Waals surface area contributed by atoms with Gasteiger partial charge in [-0.05, 0) is 34.2 Å². The third-order valence-corrected chi connectivity index (χ3v) is 4.90. The van der Waals surface area contributed by atoms with Gasteiger partial charge in [-0.2, -0.15) is 0 Å². The number of thioether (sulfide) groups is 1. The molecule has 3 rings (SSSR count). The number of aliphatic hydroxyl groups excluding tert-OH is 2. The summed E-state index contributed by atoms with van der Waals surface area (Å²) in [4.78, 5) is 11.0. The minimum atomic E-state index is -0.971. The van der Waals surface area contributed by atoms with Crippen LogP contribution in [0.3, 0.4) is 0 Å². The molecule has 4 heteroatoms. The quantitative estimate of drug-likeness (QED) is 0.777. The third-order valence-electron chi connectivity index (χ3n) is 3.98. The smallest absolute Gasteiger partial charge is 0.185 e. The van der Waals surface area contributed by atoms with Crippen molar-refractivity contribution in [2.75, 3.05) is 5.75 Å². The molecule has 3 nitrogen and oxygen atoms in total. The lowest BCUT2D eigenvalue weighted by atomic mass is 9.99. The van der Waals surface area contributed by atoms with Gasteiger partial charge in [0.05, 0.1) is 6.10 Å². The molecule has 2 N–H and O–H groups in total. The fraction of sp³-hybridized carbons (Fsp3) is 0.278. The van der Waals surface area contributed by atoms with Gasteiger partial charge in [0.1, 0.15) is 6.10 Å². The molecule has 0 bridgehead atoms. The zero-order chi connectivity index (χ0) is 15.7. The molecular formula is C18H18O3S. The van der Waals surface area contributed by atoms with Crippen LogP contribution < -0.4 is 0 Å². The molecule has 0 spiro atoms. The lowest BCUT2D eigenvalue weighted by Crippen LogP contribution is -2.21. The fourth-order valence-corrected chi connectivity index (χ4v) is 3.45. The summed E-state index contributed by atoms with van der Waals surface area (Å²) in [7, 11) is 0. The van der Waals surface area contributed by atoms with Crippen LogP contribution in [0.15, 0.2) is 42.5 Å². The number of fused-ring (bicyclic) bond motifs is 3. The number of hydrogen-bond donors (Lipinski definition) is 2. The largest absolute Gasteiger partial charge is 0.389 e. The Labute approximate surface area is 134 Å². The van der Waals surface area contributed by atoms with Gasteiger partial charge in [-0.3, -0.25) is 4.79 Å². The predicted molar refractivity (Wildman–Crippen MR) is 88.8 cm³/mol. The standard InChI is InChI=1S/C18H18O3S/c1-11(19)22-10-17(20)18(21)13-6-7-16-14(9-13)8-12-4-2-3-5-15(12)16/h2-7,9,17-18,20-21H,8,10H2,1H3. The molecule has 0 fully saturated rings. The second-order valence-corrected chi connectivity index (χ2v) is 6.76. The molecule has 0 saturated carbocycles. The number of benzene rings is 2. The SMILES string of the molecule is CC(=O)SCC(O)C(O)c1ccc2c(c1)Cc1ccccc1-2. The van der Waals surface area contributed by atoms with E-state index in [2.05, 4.69) is 12.1 Å². The molecule has 0 radical (unpaired) electrons. The monoisotopic (exact) mass is 314 g/mol. The summed E-state index contributed by atoms with van der Waals surface area (Å²) in [6.45, 7) is 1.45. The lowest BCUT2D eigenvalue weighted by molar-refractivity contribution is -0.109. The molecule has 2 aromatic carbocycles. The van der Waals surface area contributed by atoms with Crippen molar-refractivity contribution in [3.05, 3.63) is 59.2 Å².